The zero-order chi connectivity index (χ0) is 21.4. The van der Waals surface area contributed by atoms with Gasteiger partial charge in [-0.3, -0.25) is 9.78 Å². The molecule has 0 unspecified atom stereocenters. The van der Waals surface area contributed by atoms with Crippen LogP contribution in [0.1, 0.15) is 25.3 Å². The minimum atomic E-state index is -0.862. The van der Waals surface area contributed by atoms with Gasteiger partial charge in [-0.25, -0.2) is 9.67 Å². The first-order chi connectivity index (χ1) is 15.1. The molecule has 31 heavy (non-hydrogen) atoms. The molecule has 4 aromatic rings. The van der Waals surface area contributed by atoms with Crippen LogP contribution >= 0.6 is 0 Å². The Bertz CT molecular complexity index is 1240. The average molecular weight is 416 g/mol. The number of carbonyl (C=O) groups is 1. The molecule has 0 amide bonds. The number of aromatic nitrogens is 5. The number of benzene rings is 1. The highest BCUT2D eigenvalue weighted by Crippen LogP contribution is 2.27. The fraction of sp³-hybridized carbons (Fsp3) is 0.304. The van der Waals surface area contributed by atoms with Crippen LogP contribution < -0.4 is 4.90 Å². The van der Waals surface area contributed by atoms with E-state index in [9.17, 15) is 4.79 Å². The van der Waals surface area contributed by atoms with Crippen molar-refractivity contribution in [1.29, 1.82) is 0 Å². The molecule has 5 rings (SSSR count). The summed E-state index contributed by atoms with van der Waals surface area (Å²) >= 11 is 0. The van der Waals surface area contributed by atoms with Crippen molar-refractivity contribution in [3.8, 4) is 11.6 Å². The molecule has 4 heterocycles. The fourth-order valence-corrected chi connectivity index (χ4v) is 4.09. The summed E-state index contributed by atoms with van der Waals surface area (Å²) in [5.41, 5.74) is 2.90. The van der Waals surface area contributed by atoms with E-state index in [4.69, 9.17) is 10.1 Å². The second-order valence-corrected chi connectivity index (χ2v) is 8.20. The molecular formula is C23H24N6O2. The number of carboxylic acid groups (broad SMARTS) is 1. The summed E-state index contributed by atoms with van der Waals surface area (Å²) in [6.45, 7) is 4.46. The quantitative estimate of drug-likeness (QED) is 0.536. The molecule has 1 fully saturated rings. The Labute approximate surface area is 179 Å². The third-order valence-corrected chi connectivity index (χ3v) is 5.90. The van der Waals surface area contributed by atoms with Gasteiger partial charge in [-0.1, -0.05) is 6.92 Å². The minimum absolute atomic E-state index is 0.0258. The van der Waals surface area contributed by atoms with Crippen molar-refractivity contribution in [3.63, 3.8) is 0 Å². The number of carboxylic acids is 1. The van der Waals surface area contributed by atoms with Gasteiger partial charge in [0.05, 0.1) is 30.5 Å². The lowest BCUT2D eigenvalue weighted by Crippen LogP contribution is -2.32. The van der Waals surface area contributed by atoms with Gasteiger partial charge in [0.1, 0.15) is 0 Å². The van der Waals surface area contributed by atoms with Crippen LogP contribution in [-0.2, 0) is 11.2 Å². The van der Waals surface area contributed by atoms with Crippen LogP contribution in [0, 0.1) is 5.92 Å². The van der Waals surface area contributed by atoms with Gasteiger partial charge in [0, 0.05) is 36.6 Å². The largest absolute Gasteiger partial charge is 0.481 e. The van der Waals surface area contributed by atoms with Gasteiger partial charge in [0.15, 0.2) is 11.6 Å². The Balaban J connectivity index is 1.48. The fourth-order valence-electron chi connectivity index (χ4n) is 4.09. The Kier molecular flexibility index (Phi) is 4.89. The first-order valence-electron chi connectivity index (χ1n) is 10.5. The van der Waals surface area contributed by atoms with Gasteiger partial charge >= 0.3 is 5.97 Å². The molecule has 0 bridgehead atoms. The molecule has 1 aliphatic rings. The number of hydrogen-bond acceptors (Lipinski definition) is 5. The smallest absolute Gasteiger partial charge is 0.307 e. The van der Waals surface area contributed by atoms with Crippen LogP contribution in [0.15, 0.2) is 55.2 Å². The van der Waals surface area contributed by atoms with Crippen LogP contribution in [0.2, 0.25) is 0 Å². The third-order valence-electron chi connectivity index (χ3n) is 5.90. The molecule has 0 spiro atoms. The molecule has 1 saturated heterocycles. The maximum absolute atomic E-state index is 11.0. The number of rotatable bonds is 5. The zero-order valence-corrected chi connectivity index (χ0v) is 17.3. The van der Waals surface area contributed by atoms with Crippen LogP contribution in [0.4, 0.5) is 5.69 Å². The first-order valence-corrected chi connectivity index (χ1v) is 10.5. The Morgan fingerprint density at radius 1 is 1.13 bits per heavy atom. The molecule has 1 N–H and O–H groups in total. The second-order valence-electron chi connectivity index (χ2n) is 8.20. The normalized spacial score (nSPS) is 14.9. The van der Waals surface area contributed by atoms with E-state index in [0.717, 1.165) is 29.9 Å². The standard InChI is InChI=1S/C23H24N6O2/c1-16-4-7-27(8-5-16)19-3-2-18-12-25-29(20(18)11-19)22-14-24-13-21(26-22)28-9-6-17(15-28)10-23(30)31/h2-3,6,9,11-16H,4-5,7-8,10H2,1H3,(H,30,31). The number of nitrogens with zero attached hydrogens (tertiary/aromatic N) is 6. The molecule has 158 valence electrons. The molecule has 0 saturated carbocycles. The number of aliphatic carboxylic acids is 1. The van der Waals surface area contributed by atoms with Crippen molar-refractivity contribution >= 4 is 22.6 Å². The van der Waals surface area contributed by atoms with Crippen molar-refractivity contribution in [2.75, 3.05) is 18.0 Å². The molecular weight excluding hydrogens is 392 g/mol. The van der Waals surface area contributed by atoms with E-state index >= 15 is 0 Å². The summed E-state index contributed by atoms with van der Waals surface area (Å²) in [7, 11) is 0. The van der Waals surface area contributed by atoms with Gasteiger partial charge in [0.25, 0.3) is 0 Å². The van der Waals surface area contributed by atoms with Crippen molar-refractivity contribution < 1.29 is 9.90 Å². The Hall–Kier alpha value is -3.68. The van der Waals surface area contributed by atoms with Gasteiger partial charge in [-0.15, -0.1) is 0 Å². The SMILES string of the molecule is CC1CCN(c2ccc3cnn(-c4cncc(-n5ccc(CC(=O)O)c5)n4)c3c2)CC1. The molecule has 1 aliphatic heterocycles. The van der Waals surface area contributed by atoms with Crippen molar-refractivity contribution in [2.45, 2.75) is 26.2 Å². The van der Waals surface area contributed by atoms with Gasteiger partial charge in [-0.2, -0.15) is 5.10 Å². The lowest BCUT2D eigenvalue weighted by atomic mass is 9.99. The highest BCUT2D eigenvalue weighted by atomic mass is 16.4. The van der Waals surface area contributed by atoms with E-state index in [1.54, 1.807) is 35.4 Å². The van der Waals surface area contributed by atoms with Gasteiger partial charge in [0.2, 0.25) is 0 Å². The van der Waals surface area contributed by atoms with Crippen molar-refractivity contribution in [2.24, 2.45) is 5.92 Å². The summed E-state index contributed by atoms with van der Waals surface area (Å²) in [6.07, 6.45) is 11.1. The maximum atomic E-state index is 11.0. The molecule has 0 radical (unpaired) electrons. The summed E-state index contributed by atoms with van der Waals surface area (Å²) in [6, 6.07) is 8.22. The molecule has 0 aliphatic carbocycles. The molecule has 8 heteroatoms. The van der Waals surface area contributed by atoms with E-state index in [1.807, 2.05) is 10.9 Å². The second kappa shape index (κ2) is 7.86. The van der Waals surface area contributed by atoms with Crippen molar-refractivity contribution in [3.05, 3.63) is 60.8 Å². The highest BCUT2D eigenvalue weighted by molar-refractivity contribution is 5.83. The van der Waals surface area contributed by atoms with Crippen LogP contribution in [0.25, 0.3) is 22.5 Å². The van der Waals surface area contributed by atoms with E-state index in [2.05, 4.69) is 40.1 Å². The molecule has 0 atom stereocenters. The van der Waals surface area contributed by atoms with Crippen molar-refractivity contribution in [1.82, 2.24) is 24.3 Å². The Morgan fingerprint density at radius 2 is 1.94 bits per heavy atom. The lowest BCUT2D eigenvalue weighted by Gasteiger charge is -2.32. The lowest BCUT2D eigenvalue weighted by molar-refractivity contribution is -0.136. The van der Waals surface area contributed by atoms with Gasteiger partial charge < -0.3 is 14.6 Å². The number of anilines is 1. The summed E-state index contributed by atoms with van der Waals surface area (Å²) in [5, 5.41) is 14.6. The molecule has 8 nitrogen and oxygen atoms in total. The predicted octanol–water partition coefficient (Wildman–Crippen LogP) is 3.47. The van der Waals surface area contributed by atoms with E-state index in [1.165, 1.54) is 18.5 Å². The Morgan fingerprint density at radius 3 is 2.74 bits per heavy atom. The third kappa shape index (κ3) is 3.88. The summed E-state index contributed by atoms with van der Waals surface area (Å²) in [5.74, 6) is 1.15. The number of fused-ring (bicyclic) bond motifs is 1. The molecule has 3 aromatic heterocycles. The summed E-state index contributed by atoms with van der Waals surface area (Å²) in [4.78, 5) is 22.5. The van der Waals surface area contributed by atoms with E-state index in [0.29, 0.717) is 17.2 Å². The summed E-state index contributed by atoms with van der Waals surface area (Å²) < 4.78 is 3.59. The highest BCUT2D eigenvalue weighted by Gasteiger charge is 2.17. The van der Waals surface area contributed by atoms with E-state index in [-0.39, 0.29) is 6.42 Å². The minimum Gasteiger partial charge on any atom is -0.481 e. The molecule has 1 aromatic carbocycles. The average Bonchev–Trinajstić information content (AvgIpc) is 3.40. The number of piperidine rings is 1. The van der Waals surface area contributed by atoms with Crippen LogP contribution in [0.3, 0.4) is 0 Å². The van der Waals surface area contributed by atoms with Crippen LogP contribution in [-0.4, -0.2) is 48.5 Å². The predicted molar refractivity (Wildman–Crippen MR) is 118 cm³/mol. The zero-order valence-electron chi connectivity index (χ0n) is 17.3. The first kappa shape index (κ1) is 19.3. The number of hydrogen-bond donors (Lipinski definition) is 1. The maximum Gasteiger partial charge on any atom is 0.307 e. The topological polar surface area (TPSA) is 89.1 Å². The monoisotopic (exact) mass is 416 g/mol. The van der Waals surface area contributed by atoms with Crippen LogP contribution in [0.5, 0.6) is 0 Å². The van der Waals surface area contributed by atoms with E-state index < -0.39 is 5.97 Å². The van der Waals surface area contributed by atoms with Gasteiger partial charge in [-0.05, 0) is 48.6 Å².